The number of ether oxygens (including phenoxy) is 2. The fourth-order valence-corrected chi connectivity index (χ4v) is 11.4. The van der Waals surface area contributed by atoms with Crippen LogP contribution in [-0.2, 0) is 43.6 Å². The number of benzene rings is 3. The summed E-state index contributed by atoms with van der Waals surface area (Å²) in [5.74, 6) is 1.79. The molecule has 76 heavy (non-hydrogen) atoms. The highest BCUT2D eigenvalue weighted by Gasteiger charge is 2.43. The molecule has 1 aliphatic carbocycles. The van der Waals surface area contributed by atoms with Gasteiger partial charge in [0.1, 0.15) is 58.9 Å². The van der Waals surface area contributed by atoms with Crippen molar-refractivity contribution < 1.29 is 32.3 Å². The number of hydrogen-bond acceptors (Lipinski definition) is 15. The smallest absolute Gasteiger partial charge is 0.246 e. The van der Waals surface area contributed by atoms with E-state index in [4.69, 9.17) is 9.47 Å². The van der Waals surface area contributed by atoms with Crippen LogP contribution in [-0.4, -0.2) is 110 Å². The molecule has 2 aliphatic heterocycles. The van der Waals surface area contributed by atoms with E-state index in [1.165, 1.54) is 18.2 Å². The van der Waals surface area contributed by atoms with Crippen molar-refractivity contribution >= 4 is 55.9 Å². The lowest BCUT2D eigenvalue weighted by Crippen LogP contribution is -2.62. The van der Waals surface area contributed by atoms with Crippen LogP contribution < -0.4 is 35.6 Å². The average molecular weight is 1060 g/mol. The van der Waals surface area contributed by atoms with Gasteiger partial charge in [0, 0.05) is 67.7 Å². The topological polar surface area (TPSA) is 239 Å². The molecule has 3 aromatic heterocycles. The molecule has 5 heterocycles. The highest BCUT2D eigenvalue weighted by molar-refractivity contribution is 7.92. The predicted octanol–water partition coefficient (Wildman–Crippen LogP) is 7.50. The van der Waals surface area contributed by atoms with E-state index in [0.29, 0.717) is 65.9 Å². The Kier molecular flexibility index (Phi) is 15.1. The monoisotopic (exact) mass is 1050 g/mol. The number of nitrogens with one attached hydrogen (secondary N) is 5. The summed E-state index contributed by atoms with van der Waals surface area (Å²) < 4.78 is 40.3. The molecule has 0 saturated carbocycles. The minimum absolute atomic E-state index is 0.0608. The maximum atomic E-state index is 14.9. The molecule has 0 bridgehead atoms. The van der Waals surface area contributed by atoms with Crippen molar-refractivity contribution in [2.45, 2.75) is 147 Å². The molecule has 1 fully saturated rings. The van der Waals surface area contributed by atoms with Crippen LogP contribution in [0.25, 0.3) is 10.9 Å². The SMILES string of the molecule is CNC(C)C(=O)NC(C(=O)N1Cc2cc(Oc3cc(N4CCC(Oc5cc6ncnc(Nc7n[nH]c(C)c7C)c6cc5S(=O)(=O)C(C)(C)C)CC4)ncn3)ccc2CC1C(=O)N[C@@H]1CCCc2ccccc21)C(C)(C)C. The standard InChI is InChI=1S/C56H70N12O7S/c1-32-33(2)65-66-50(32)64-51-41-26-46(76(72,73)56(7,8)9)45(27-43(41)58-30-61-51)74-38-20-22-67(23-21-38)47-28-48(60-31-59-47)75-39-19-18-36-25-44(53(70)62-42-17-13-15-35-14-11-12-16-40(35)42)68(29-37(36)24-39)54(71)49(55(4,5)6)63-52(69)34(3)57-10/h11-12,14,16,18-19,24,26-28,30-31,34,38,42,44,49,57H,13,15,17,20-23,25,29H2,1-10H3,(H,62,70)(H,63,69)(H2,58,61,64,65,66)/t34?,42-,44?,49?/m1/s1. The van der Waals surface area contributed by atoms with E-state index in [2.05, 4.69) is 68.4 Å². The largest absolute Gasteiger partial charge is 0.489 e. The van der Waals surface area contributed by atoms with Gasteiger partial charge in [-0.2, -0.15) is 5.10 Å². The van der Waals surface area contributed by atoms with Gasteiger partial charge in [-0.05, 0) is 114 Å². The Morgan fingerprint density at radius 1 is 0.855 bits per heavy atom. The summed E-state index contributed by atoms with van der Waals surface area (Å²) in [6, 6.07) is 16.4. The van der Waals surface area contributed by atoms with Crippen molar-refractivity contribution in [1.82, 2.24) is 51.0 Å². The second-order valence-corrected chi connectivity index (χ2v) is 25.0. The minimum atomic E-state index is -3.90. The number of amides is 3. The molecule has 4 atom stereocenters. The van der Waals surface area contributed by atoms with Gasteiger partial charge in [0.25, 0.3) is 0 Å². The number of aryl methyl sites for hydroxylation is 2. The number of hydrogen-bond donors (Lipinski definition) is 5. The van der Waals surface area contributed by atoms with Gasteiger partial charge in [-0.25, -0.2) is 28.4 Å². The second-order valence-electron chi connectivity index (χ2n) is 22.3. The van der Waals surface area contributed by atoms with Crippen LogP contribution in [0.1, 0.15) is 114 Å². The highest BCUT2D eigenvalue weighted by Crippen LogP contribution is 2.40. The Balaban J connectivity index is 0.914. The van der Waals surface area contributed by atoms with Gasteiger partial charge in [0.05, 0.1) is 22.3 Å². The van der Waals surface area contributed by atoms with Crippen molar-refractivity contribution in [2.24, 2.45) is 5.41 Å². The van der Waals surface area contributed by atoms with Crippen molar-refractivity contribution in [2.75, 3.05) is 30.4 Å². The Morgan fingerprint density at radius 2 is 1.61 bits per heavy atom. The summed E-state index contributed by atoms with van der Waals surface area (Å²) >= 11 is 0. The first-order valence-corrected chi connectivity index (χ1v) is 27.6. The number of anilines is 3. The Hall–Kier alpha value is -7.19. The lowest BCUT2D eigenvalue weighted by molar-refractivity contribution is -0.147. The minimum Gasteiger partial charge on any atom is -0.489 e. The van der Waals surface area contributed by atoms with Crippen LogP contribution in [0, 0.1) is 19.3 Å². The van der Waals surface area contributed by atoms with Crippen LogP contribution >= 0.6 is 0 Å². The maximum Gasteiger partial charge on any atom is 0.246 e. The normalized spacial score (nSPS) is 18.0. The molecule has 6 aromatic rings. The summed E-state index contributed by atoms with van der Waals surface area (Å²) in [7, 11) is -2.21. The molecule has 3 amide bonds. The number of H-pyrrole nitrogens is 1. The van der Waals surface area contributed by atoms with Gasteiger partial charge < -0.3 is 40.5 Å². The van der Waals surface area contributed by atoms with Gasteiger partial charge in [-0.3, -0.25) is 19.5 Å². The fourth-order valence-electron chi connectivity index (χ4n) is 10.1. The number of likely N-dealkylation sites (N-methyl/N-ethyl adjacent to an activating group) is 1. The Labute approximate surface area is 444 Å². The third-order valence-corrected chi connectivity index (χ3v) is 17.5. The number of aromatic nitrogens is 6. The van der Waals surface area contributed by atoms with E-state index in [-0.39, 0.29) is 53.5 Å². The first-order chi connectivity index (χ1) is 36.1. The first kappa shape index (κ1) is 53.6. The third kappa shape index (κ3) is 11.2. The Morgan fingerprint density at radius 3 is 2.32 bits per heavy atom. The molecule has 1 saturated heterocycles. The molecule has 3 aromatic carbocycles. The number of carbonyl (C=O) groups excluding carboxylic acids is 3. The molecule has 9 rings (SSSR count). The Bertz CT molecular complexity index is 3270. The van der Waals surface area contributed by atoms with Crippen molar-refractivity contribution in [1.29, 1.82) is 0 Å². The number of piperidine rings is 1. The number of fused-ring (bicyclic) bond motifs is 3. The number of nitrogens with zero attached hydrogens (tertiary/aromatic N) is 7. The molecule has 19 nitrogen and oxygen atoms in total. The maximum absolute atomic E-state index is 14.9. The average Bonchev–Trinajstić information content (AvgIpc) is 3.71. The van der Waals surface area contributed by atoms with E-state index < -0.39 is 38.1 Å². The van der Waals surface area contributed by atoms with Crippen molar-refractivity contribution in [3.05, 3.63) is 107 Å². The van der Waals surface area contributed by atoms with Crippen LogP contribution in [0.15, 0.2) is 78.2 Å². The molecule has 0 spiro atoms. The molecule has 3 unspecified atom stereocenters. The van der Waals surface area contributed by atoms with E-state index in [1.807, 2.05) is 65.0 Å². The zero-order chi connectivity index (χ0) is 54.3. The molecule has 3 aliphatic rings. The number of rotatable bonds is 14. The van der Waals surface area contributed by atoms with Gasteiger partial charge in [-0.1, -0.05) is 51.1 Å². The lowest BCUT2D eigenvalue weighted by atomic mass is 9.83. The predicted molar refractivity (Wildman–Crippen MR) is 290 cm³/mol. The molecule has 5 N–H and O–H groups in total. The van der Waals surface area contributed by atoms with Gasteiger partial charge in [-0.15, -0.1) is 0 Å². The van der Waals surface area contributed by atoms with Crippen LogP contribution in [0.5, 0.6) is 17.4 Å². The summed E-state index contributed by atoms with van der Waals surface area (Å²) in [4.78, 5) is 64.5. The fraction of sp³-hybridized carbons (Fsp3) is 0.464. The molecular formula is C56H70N12O7S. The lowest BCUT2D eigenvalue weighted by Gasteiger charge is -2.41. The summed E-state index contributed by atoms with van der Waals surface area (Å²) in [6.07, 6.45) is 6.67. The van der Waals surface area contributed by atoms with E-state index in [0.717, 1.165) is 47.2 Å². The number of carbonyl (C=O) groups is 3. The van der Waals surface area contributed by atoms with E-state index in [9.17, 15) is 22.8 Å². The number of sulfone groups is 1. The zero-order valence-corrected chi connectivity index (χ0v) is 45.9. The van der Waals surface area contributed by atoms with Crippen LogP contribution in [0.4, 0.5) is 17.5 Å². The third-order valence-electron chi connectivity index (χ3n) is 15.0. The quantitative estimate of drug-likeness (QED) is 0.0710. The van der Waals surface area contributed by atoms with Crippen LogP contribution in [0.3, 0.4) is 0 Å². The summed E-state index contributed by atoms with van der Waals surface area (Å²) in [5, 5.41) is 20.3. The summed E-state index contributed by atoms with van der Waals surface area (Å²) in [6.45, 7) is 17.5. The van der Waals surface area contributed by atoms with E-state index >= 15 is 0 Å². The van der Waals surface area contributed by atoms with Crippen molar-refractivity contribution in [3.63, 3.8) is 0 Å². The van der Waals surface area contributed by atoms with Gasteiger partial charge >= 0.3 is 0 Å². The van der Waals surface area contributed by atoms with Gasteiger partial charge in [0.15, 0.2) is 15.7 Å². The van der Waals surface area contributed by atoms with Crippen molar-refractivity contribution in [3.8, 4) is 17.4 Å². The molecule has 402 valence electrons. The first-order valence-electron chi connectivity index (χ1n) is 26.1. The molecular weight excluding hydrogens is 985 g/mol. The number of aromatic amines is 1. The zero-order valence-electron chi connectivity index (χ0n) is 45.1. The van der Waals surface area contributed by atoms with E-state index in [1.54, 1.807) is 57.8 Å². The van der Waals surface area contributed by atoms with Crippen LogP contribution in [0.2, 0.25) is 0 Å². The molecule has 0 radical (unpaired) electrons. The highest BCUT2D eigenvalue weighted by atomic mass is 32.2. The van der Waals surface area contributed by atoms with Gasteiger partial charge in [0.2, 0.25) is 23.6 Å². The molecule has 20 heteroatoms. The second kappa shape index (κ2) is 21.4. The summed E-state index contributed by atoms with van der Waals surface area (Å²) in [5.41, 5.74) is 5.68.